The Morgan fingerprint density at radius 3 is 2.75 bits per heavy atom. The molecular formula is C13H23N3. The van der Waals surface area contributed by atoms with Crippen LogP contribution in [0.15, 0.2) is 6.20 Å². The maximum Gasteiger partial charge on any atom is 0.203 e. The van der Waals surface area contributed by atoms with Gasteiger partial charge in [-0.25, -0.2) is 4.98 Å². The van der Waals surface area contributed by atoms with Crippen molar-refractivity contribution in [1.82, 2.24) is 9.55 Å². The van der Waals surface area contributed by atoms with Gasteiger partial charge >= 0.3 is 0 Å². The third-order valence-electron chi connectivity index (χ3n) is 3.17. The smallest absolute Gasteiger partial charge is 0.203 e. The van der Waals surface area contributed by atoms with Crippen molar-refractivity contribution in [3.8, 4) is 0 Å². The molecule has 0 aromatic carbocycles. The number of nitrogens with zero attached hydrogens (tertiary/aromatic N) is 2. The molecule has 3 nitrogen and oxygen atoms in total. The summed E-state index contributed by atoms with van der Waals surface area (Å²) in [5.74, 6) is 2.60. The lowest BCUT2D eigenvalue weighted by atomic mass is 9.82. The lowest BCUT2D eigenvalue weighted by molar-refractivity contribution is 0.306. The summed E-state index contributed by atoms with van der Waals surface area (Å²) >= 11 is 0. The van der Waals surface area contributed by atoms with Crippen molar-refractivity contribution in [2.75, 3.05) is 5.32 Å². The molecule has 1 aliphatic rings. The third-order valence-corrected chi connectivity index (χ3v) is 3.17. The molecule has 1 aliphatic carbocycles. The molecule has 1 saturated carbocycles. The van der Waals surface area contributed by atoms with E-state index in [1.807, 2.05) is 0 Å². The molecule has 1 aromatic rings. The Balaban J connectivity index is 2.01. The average Bonchev–Trinajstić information content (AvgIpc) is 2.43. The van der Waals surface area contributed by atoms with Crippen LogP contribution >= 0.6 is 0 Å². The van der Waals surface area contributed by atoms with E-state index in [4.69, 9.17) is 0 Å². The maximum atomic E-state index is 4.56. The molecule has 0 radical (unpaired) electrons. The van der Waals surface area contributed by atoms with Crippen LogP contribution in [0.4, 0.5) is 5.95 Å². The summed E-state index contributed by atoms with van der Waals surface area (Å²) in [7, 11) is 0. The Kier molecular flexibility index (Phi) is 3.22. The van der Waals surface area contributed by atoms with Crippen LogP contribution in [0.3, 0.4) is 0 Å². The Labute approximate surface area is 98.3 Å². The van der Waals surface area contributed by atoms with Gasteiger partial charge in [0.15, 0.2) is 0 Å². The first kappa shape index (κ1) is 11.5. The van der Waals surface area contributed by atoms with Crippen LogP contribution < -0.4 is 5.32 Å². The molecule has 16 heavy (non-hydrogen) atoms. The van der Waals surface area contributed by atoms with Crippen molar-refractivity contribution >= 4 is 5.95 Å². The van der Waals surface area contributed by atoms with E-state index in [-0.39, 0.29) is 0 Å². The van der Waals surface area contributed by atoms with Gasteiger partial charge in [0.1, 0.15) is 0 Å². The van der Waals surface area contributed by atoms with Gasteiger partial charge in [0, 0.05) is 18.8 Å². The first-order chi connectivity index (χ1) is 7.54. The first-order valence-electron chi connectivity index (χ1n) is 6.35. The van der Waals surface area contributed by atoms with Gasteiger partial charge in [0.05, 0.1) is 5.69 Å². The van der Waals surface area contributed by atoms with Gasteiger partial charge in [-0.15, -0.1) is 0 Å². The Hall–Kier alpha value is -0.990. The molecule has 1 heterocycles. The fourth-order valence-electron chi connectivity index (χ4n) is 2.40. The fraction of sp³-hybridized carbons (Fsp3) is 0.769. The van der Waals surface area contributed by atoms with Crippen LogP contribution in [0.5, 0.6) is 0 Å². The lowest BCUT2D eigenvalue weighted by Gasteiger charge is -2.33. The minimum atomic E-state index is 0.641. The highest BCUT2D eigenvalue weighted by molar-refractivity contribution is 5.31. The summed E-state index contributed by atoms with van der Waals surface area (Å²) in [6.45, 7) is 9.90. The monoisotopic (exact) mass is 221 g/mol. The molecule has 90 valence electrons. The SMILES string of the molecule is Cc1cn(CC(C)C)c(NC2CC(C)C2)n1. The van der Waals surface area contributed by atoms with Crippen molar-refractivity contribution in [2.24, 2.45) is 11.8 Å². The zero-order valence-corrected chi connectivity index (χ0v) is 10.8. The fourth-order valence-corrected chi connectivity index (χ4v) is 2.40. The highest BCUT2D eigenvalue weighted by Gasteiger charge is 2.26. The number of aryl methyl sites for hydroxylation is 1. The van der Waals surface area contributed by atoms with E-state index in [1.165, 1.54) is 12.8 Å². The van der Waals surface area contributed by atoms with Crippen LogP contribution in [0.1, 0.15) is 39.3 Å². The molecule has 0 atom stereocenters. The topological polar surface area (TPSA) is 29.9 Å². The van der Waals surface area contributed by atoms with Crippen molar-refractivity contribution in [2.45, 2.75) is 53.1 Å². The van der Waals surface area contributed by atoms with E-state index < -0.39 is 0 Å². The Morgan fingerprint density at radius 1 is 1.50 bits per heavy atom. The molecule has 0 saturated heterocycles. The molecule has 1 N–H and O–H groups in total. The molecule has 0 aliphatic heterocycles. The minimum absolute atomic E-state index is 0.641. The van der Waals surface area contributed by atoms with Gasteiger partial charge in [-0.3, -0.25) is 0 Å². The van der Waals surface area contributed by atoms with Crippen molar-refractivity contribution in [1.29, 1.82) is 0 Å². The van der Waals surface area contributed by atoms with Gasteiger partial charge < -0.3 is 9.88 Å². The molecule has 0 amide bonds. The second-order valence-corrected chi connectivity index (χ2v) is 5.67. The van der Waals surface area contributed by atoms with Gasteiger partial charge in [0.25, 0.3) is 0 Å². The largest absolute Gasteiger partial charge is 0.353 e. The van der Waals surface area contributed by atoms with Crippen molar-refractivity contribution in [3.63, 3.8) is 0 Å². The lowest BCUT2D eigenvalue weighted by Crippen LogP contribution is -2.34. The van der Waals surface area contributed by atoms with E-state index in [2.05, 4.69) is 48.8 Å². The highest BCUT2D eigenvalue weighted by atomic mass is 15.2. The number of hydrogen-bond acceptors (Lipinski definition) is 2. The van der Waals surface area contributed by atoms with E-state index in [9.17, 15) is 0 Å². The van der Waals surface area contributed by atoms with E-state index in [0.717, 1.165) is 24.1 Å². The molecule has 2 rings (SSSR count). The molecule has 1 fully saturated rings. The molecule has 0 unspecified atom stereocenters. The molecule has 3 heteroatoms. The minimum Gasteiger partial charge on any atom is -0.353 e. The third kappa shape index (κ3) is 2.57. The summed E-state index contributed by atoms with van der Waals surface area (Å²) in [5.41, 5.74) is 1.11. The number of hydrogen-bond donors (Lipinski definition) is 1. The Morgan fingerprint density at radius 2 is 2.19 bits per heavy atom. The van der Waals surface area contributed by atoms with Gasteiger partial charge in [0.2, 0.25) is 5.95 Å². The van der Waals surface area contributed by atoms with Crippen LogP contribution in [0.25, 0.3) is 0 Å². The van der Waals surface area contributed by atoms with E-state index in [1.54, 1.807) is 0 Å². The Bertz CT molecular complexity index is 348. The van der Waals surface area contributed by atoms with Crippen LogP contribution in [0.2, 0.25) is 0 Å². The van der Waals surface area contributed by atoms with Gasteiger partial charge in [-0.05, 0) is 31.6 Å². The van der Waals surface area contributed by atoms with Crippen LogP contribution in [0, 0.1) is 18.8 Å². The van der Waals surface area contributed by atoms with Gasteiger partial charge in [-0.2, -0.15) is 0 Å². The van der Waals surface area contributed by atoms with Crippen molar-refractivity contribution in [3.05, 3.63) is 11.9 Å². The predicted octanol–water partition coefficient (Wildman–Crippen LogP) is 3.06. The number of anilines is 1. The molecule has 1 aromatic heterocycles. The summed E-state index contributed by atoms with van der Waals surface area (Å²) in [6, 6.07) is 0.641. The van der Waals surface area contributed by atoms with E-state index >= 15 is 0 Å². The highest BCUT2D eigenvalue weighted by Crippen LogP contribution is 2.29. The summed E-state index contributed by atoms with van der Waals surface area (Å²) in [6.07, 6.45) is 4.71. The normalized spacial score (nSPS) is 24.6. The standard InChI is InChI=1S/C13H23N3/c1-9(2)7-16-8-11(4)14-13(16)15-12-5-10(3)6-12/h8-10,12H,5-7H2,1-4H3,(H,14,15). The van der Waals surface area contributed by atoms with Gasteiger partial charge in [-0.1, -0.05) is 20.8 Å². The number of rotatable bonds is 4. The van der Waals surface area contributed by atoms with E-state index in [0.29, 0.717) is 12.0 Å². The van der Waals surface area contributed by atoms with Crippen LogP contribution in [-0.2, 0) is 6.54 Å². The predicted molar refractivity (Wildman–Crippen MR) is 67.6 cm³/mol. The maximum absolute atomic E-state index is 4.56. The molecule has 0 bridgehead atoms. The average molecular weight is 221 g/mol. The second kappa shape index (κ2) is 4.48. The molecular weight excluding hydrogens is 198 g/mol. The zero-order valence-electron chi connectivity index (χ0n) is 10.8. The molecule has 0 spiro atoms. The first-order valence-corrected chi connectivity index (χ1v) is 6.35. The second-order valence-electron chi connectivity index (χ2n) is 5.67. The summed E-state index contributed by atoms with van der Waals surface area (Å²) in [5, 5.41) is 3.56. The summed E-state index contributed by atoms with van der Waals surface area (Å²) in [4.78, 5) is 4.56. The van der Waals surface area contributed by atoms with Crippen LogP contribution in [-0.4, -0.2) is 15.6 Å². The summed E-state index contributed by atoms with van der Waals surface area (Å²) < 4.78 is 2.25. The quantitative estimate of drug-likeness (QED) is 0.847. The number of imidazole rings is 1. The number of aromatic nitrogens is 2. The zero-order chi connectivity index (χ0) is 11.7. The van der Waals surface area contributed by atoms with Crippen molar-refractivity contribution < 1.29 is 0 Å². The number of nitrogens with one attached hydrogen (secondary N) is 1.